The summed E-state index contributed by atoms with van der Waals surface area (Å²) in [7, 11) is 0. The van der Waals surface area contributed by atoms with Crippen LogP contribution in [0.15, 0.2) is 12.4 Å². The summed E-state index contributed by atoms with van der Waals surface area (Å²) in [6.07, 6.45) is 5.15. The summed E-state index contributed by atoms with van der Waals surface area (Å²) < 4.78 is 2.00. The molecule has 1 aromatic rings. The third kappa shape index (κ3) is 5.87. The first kappa shape index (κ1) is 14.2. The Morgan fingerprint density at radius 1 is 1.24 bits per heavy atom. The third-order valence-electron chi connectivity index (χ3n) is 2.68. The molecule has 0 radical (unpaired) electrons. The van der Waals surface area contributed by atoms with E-state index in [1.807, 2.05) is 10.9 Å². The van der Waals surface area contributed by atoms with Gasteiger partial charge in [0.1, 0.15) is 0 Å². The van der Waals surface area contributed by atoms with Gasteiger partial charge in [0.05, 0.1) is 12.7 Å². The van der Waals surface area contributed by atoms with Crippen molar-refractivity contribution in [2.75, 3.05) is 6.54 Å². The molecule has 0 aliphatic rings. The molecule has 0 fully saturated rings. The van der Waals surface area contributed by atoms with Crippen LogP contribution in [0.3, 0.4) is 0 Å². The number of aromatic nitrogens is 2. The summed E-state index contributed by atoms with van der Waals surface area (Å²) in [6, 6.07) is 0. The molecule has 0 aliphatic heterocycles. The van der Waals surface area contributed by atoms with Crippen molar-refractivity contribution >= 4 is 0 Å². The van der Waals surface area contributed by atoms with Crippen molar-refractivity contribution in [3.8, 4) is 0 Å². The molecule has 1 aromatic heterocycles. The molecule has 0 spiro atoms. The van der Waals surface area contributed by atoms with Gasteiger partial charge < -0.3 is 5.32 Å². The standard InChI is InChI=1S/C14H27N3/c1-12-9-16-17(10-12)8-7-15-14(5,6)11-13(2,3)4/h9-10,15H,7-8,11H2,1-6H3. The zero-order chi connectivity index (χ0) is 13.1. The summed E-state index contributed by atoms with van der Waals surface area (Å²) in [4.78, 5) is 0. The van der Waals surface area contributed by atoms with Gasteiger partial charge in [0.15, 0.2) is 0 Å². The minimum Gasteiger partial charge on any atom is -0.310 e. The number of nitrogens with zero attached hydrogens (tertiary/aromatic N) is 2. The second-order valence-corrected chi connectivity index (χ2v) is 6.83. The van der Waals surface area contributed by atoms with E-state index in [-0.39, 0.29) is 5.54 Å². The van der Waals surface area contributed by atoms with Gasteiger partial charge >= 0.3 is 0 Å². The molecule has 0 unspecified atom stereocenters. The van der Waals surface area contributed by atoms with Crippen molar-refractivity contribution in [3.63, 3.8) is 0 Å². The molecule has 0 aromatic carbocycles. The molecular formula is C14H27N3. The van der Waals surface area contributed by atoms with Crippen molar-refractivity contribution in [2.45, 2.75) is 60.0 Å². The molecule has 1 heterocycles. The lowest BCUT2D eigenvalue weighted by Gasteiger charge is -2.33. The van der Waals surface area contributed by atoms with Crippen LogP contribution in [0.1, 0.15) is 46.6 Å². The van der Waals surface area contributed by atoms with E-state index in [9.17, 15) is 0 Å². The summed E-state index contributed by atoms with van der Waals surface area (Å²) in [6.45, 7) is 15.4. The van der Waals surface area contributed by atoms with E-state index in [2.05, 4.69) is 58.2 Å². The average Bonchev–Trinajstić information content (AvgIpc) is 2.46. The summed E-state index contributed by atoms with van der Waals surface area (Å²) in [5, 5.41) is 7.90. The second kappa shape index (κ2) is 5.21. The van der Waals surface area contributed by atoms with Crippen molar-refractivity contribution in [3.05, 3.63) is 18.0 Å². The fourth-order valence-corrected chi connectivity index (χ4v) is 2.49. The molecule has 1 rings (SSSR count). The zero-order valence-electron chi connectivity index (χ0n) is 12.2. The van der Waals surface area contributed by atoms with Crippen LogP contribution in [0.4, 0.5) is 0 Å². The third-order valence-corrected chi connectivity index (χ3v) is 2.68. The van der Waals surface area contributed by atoms with Crippen LogP contribution in [0, 0.1) is 12.3 Å². The van der Waals surface area contributed by atoms with Gasteiger partial charge in [-0.2, -0.15) is 5.10 Å². The molecule has 1 N–H and O–H groups in total. The first-order valence-corrected chi connectivity index (χ1v) is 6.42. The Bertz CT molecular complexity index is 345. The Balaban J connectivity index is 2.35. The highest BCUT2D eigenvalue weighted by atomic mass is 15.3. The molecule has 3 nitrogen and oxygen atoms in total. The van der Waals surface area contributed by atoms with E-state index in [0.717, 1.165) is 19.5 Å². The SMILES string of the molecule is Cc1cnn(CCNC(C)(C)CC(C)(C)C)c1. The molecule has 0 aliphatic carbocycles. The van der Waals surface area contributed by atoms with E-state index < -0.39 is 0 Å². The molecule has 17 heavy (non-hydrogen) atoms. The molecule has 3 heteroatoms. The van der Waals surface area contributed by atoms with Crippen molar-refractivity contribution in [1.82, 2.24) is 15.1 Å². The van der Waals surface area contributed by atoms with Gasteiger partial charge in [0, 0.05) is 18.3 Å². The van der Waals surface area contributed by atoms with Gasteiger partial charge in [-0.15, -0.1) is 0 Å². The fourth-order valence-electron chi connectivity index (χ4n) is 2.49. The Labute approximate surface area is 106 Å². The lowest BCUT2D eigenvalue weighted by molar-refractivity contribution is 0.239. The predicted molar refractivity (Wildman–Crippen MR) is 73.1 cm³/mol. The van der Waals surface area contributed by atoms with Crippen LogP contribution in [0.25, 0.3) is 0 Å². The normalized spacial score (nSPS) is 13.1. The lowest BCUT2D eigenvalue weighted by atomic mass is 9.82. The number of nitrogens with one attached hydrogen (secondary N) is 1. The first-order chi connectivity index (χ1) is 7.68. The van der Waals surface area contributed by atoms with E-state index >= 15 is 0 Å². The second-order valence-electron chi connectivity index (χ2n) is 6.83. The number of hydrogen-bond acceptors (Lipinski definition) is 2. The Hall–Kier alpha value is -0.830. The number of rotatable bonds is 5. The van der Waals surface area contributed by atoms with Gasteiger partial charge in [-0.25, -0.2) is 0 Å². The van der Waals surface area contributed by atoms with Crippen molar-refractivity contribution in [2.24, 2.45) is 5.41 Å². The fraction of sp³-hybridized carbons (Fsp3) is 0.786. The Kier molecular flexibility index (Phi) is 4.36. The van der Waals surface area contributed by atoms with Crippen LogP contribution in [0.5, 0.6) is 0 Å². The topological polar surface area (TPSA) is 29.9 Å². The van der Waals surface area contributed by atoms with Gasteiger partial charge in [-0.1, -0.05) is 20.8 Å². The highest BCUT2D eigenvalue weighted by Gasteiger charge is 2.24. The highest BCUT2D eigenvalue weighted by molar-refractivity contribution is 4.99. The summed E-state index contributed by atoms with van der Waals surface area (Å²) in [5.74, 6) is 0. The van der Waals surface area contributed by atoms with Gasteiger partial charge in [0.25, 0.3) is 0 Å². The molecule has 0 amide bonds. The Morgan fingerprint density at radius 2 is 1.88 bits per heavy atom. The van der Waals surface area contributed by atoms with E-state index in [4.69, 9.17) is 0 Å². The van der Waals surface area contributed by atoms with Crippen LogP contribution < -0.4 is 5.32 Å². The van der Waals surface area contributed by atoms with E-state index in [1.54, 1.807) is 0 Å². The monoisotopic (exact) mass is 237 g/mol. The Morgan fingerprint density at radius 3 is 2.35 bits per heavy atom. The molecule has 0 saturated heterocycles. The minimum absolute atomic E-state index is 0.181. The average molecular weight is 237 g/mol. The molecule has 0 saturated carbocycles. The van der Waals surface area contributed by atoms with Crippen molar-refractivity contribution in [1.29, 1.82) is 0 Å². The minimum atomic E-state index is 0.181. The van der Waals surface area contributed by atoms with E-state index in [0.29, 0.717) is 5.41 Å². The molecule has 0 atom stereocenters. The molecule has 98 valence electrons. The number of aryl methyl sites for hydroxylation is 1. The summed E-state index contributed by atoms with van der Waals surface area (Å²) >= 11 is 0. The number of hydrogen-bond donors (Lipinski definition) is 1. The largest absolute Gasteiger partial charge is 0.310 e. The highest BCUT2D eigenvalue weighted by Crippen LogP contribution is 2.26. The smallest absolute Gasteiger partial charge is 0.0534 e. The predicted octanol–water partition coefficient (Wildman–Crippen LogP) is 3.00. The van der Waals surface area contributed by atoms with Gasteiger partial charge in [-0.05, 0) is 38.2 Å². The van der Waals surface area contributed by atoms with Crippen LogP contribution in [-0.2, 0) is 6.54 Å². The van der Waals surface area contributed by atoms with E-state index in [1.165, 1.54) is 5.56 Å². The van der Waals surface area contributed by atoms with Gasteiger partial charge in [-0.3, -0.25) is 4.68 Å². The first-order valence-electron chi connectivity index (χ1n) is 6.42. The molecule has 0 bridgehead atoms. The quantitative estimate of drug-likeness (QED) is 0.853. The maximum atomic E-state index is 4.29. The maximum Gasteiger partial charge on any atom is 0.0534 e. The lowest BCUT2D eigenvalue weighted by Crippen LogP contribution is -2.43. The zero-order valence-corrected chi connectivity index (χ0v) is 12.2. The van der Waals surface area contributed by atoms with Gasteiger partial charge in [0.2, 0.25) is 0 Å². The van der Waals surface area contributed by atoms with Crippen LogP contribution in [0.2, 0.25) is 0 Å². The molecular weight excluding hydrogens is 210 g/mol. The maximum absolute atomic E-state index is 4.29. The van der Waals surface area contributed by atoms with Crippen LogP contribution >= 0.6 is 0 Å². The van der Waals surface area contributed by atoms with Crippen LogP contribution in [-0.4, -0.2) is 21.9 Å². The van der Waals surface area contributed by atoms with Crippen molar-refractivity contribution < 1.29 is 0 Å². The summed E-state index contributed by atoms with van der Waals surface area (Å²) in [5.41, 5.74) is 1.76.